The molecule has 9 heteroatoms. The number of halogens is 1. The first kappa shape index (κ1) is 27.9. The van der Waals surface area contributed by atoms with Crippen LogP contribution < -0.4 is 16.0 Å². The highest BCUT2D eigenvalue weighted by Crippen LogP contribution is 2.16. The van der Waals surface area contributed by atoms with E-state index in [1.807, 2.05) is 30.3 Å². The van der Waals surface area contributed by atoms with Crippen molar-refractivity contribution in [1.82, 2.24) is 16.0 Å². The van der Waals surface area contributed by atoms with Crippen molar-refractivity contribution in [2.24, 2.45) is 4.99 Å². The monoisotopic (exact) mass is 572 g/mol. The van der Waals surface area contributed by atoms with E-state index in [0.717, 1.165) is 29.5 Å². The molecule has 1 amide bonds. The second-order valence-electron chi connectivity index (χ2n) is 7.46. The van der Waals surface area contributed by atoms with Crippen LogP contribution >= 0.6 is 24.0 Å². The maximum absolute atomic E-state index is 12.1. The van der Waals surface area contributed by atoms with E-state index in [-0.39, 0.29) is 29.9 Å². The smallest absolute Gasteiger partial charge is 0.251 e. The van der Waals surface area contributed by atoms with Crippen LogP contribution in [-0.4, -0.2) is 40.1 Å². The lowest BCUT2D eigenvalue weighted by molar-refractivity contribution is 0.0953. The highest BCUT2D eigenvalue weighted by atomic mass is 127. The number of nitrogens with one attached hydrogen (secondary N) is 3. The molecule has 0 aliphatic heterocycles. The number of hydrogen-bond acceptors (Lipinski definition) is 4. The highest BCUT2D eigenvalue weighted by molar-refractivity contribution is 14.0. The molecular weight excluding hydrogens is 539 g/mol. The van der Waals surface area contributed by atoms with Crippen LogP contribution in [0, 0.1) is 6.92 Å². The molecule has 32 heavy (non-hydrogen) atoms. The van der Waals surface area contributed by atoms with E-state index in [9.17, 15) is 13.2 Å². The summed E-state index contributed by atoms with van der Waals surface area (Å²) in [5.41, 5.74) is 3.37. The van der Waals surface area contributed by atoms with E-state index in [1.54, 1.807) is 26.1 Å². The standard InChI is InChI=1S/C23H32N4O3S.HI/c1-5-6-13-25-22(28)20-10-7-18(8-11-20)15-26-23(24-3)27-16-19-9-12-21(17(2)14-19)31(4,29)30;/h7-12,14H,5-6,13,15-16H2,1-4H3,(H,25,28)(H2,24,26,27);1H. The molecule has 0 saturated carbocycles. The number of rotatable bonds is 9. The zero-order chi connectivity index (χ0) is 22.9. The Kier molecular flexibility index (Phi) is 11.7. The van der Waals surface area contributed by atoms with Crippen molar-refractivity contribution >= 4 is 45.7 Å². The zero-order valence-electron chi connectivity index (χ0n) is 19.1. The van der Waals surface area contributed by atoms with Gasteiger partial charge < -0.3 is 16.0 Å². The van der Waals surface area contributed by atoms with Gasteiger partial charge in [0, 0.05) is 38.5 Å². The lowest BCUT2D eigenvalue weighted by Gasteiger charge is -2.13. The van der Waals surface area contributed by atoms with Gasteiger partial charge >= 0.3 is 0 Å². The number of aryl methyl sites for hydroxylation is 1. The predicted molar refractivity (Wildman–Crippen MR) is 140 cm³/mol. The SMILES string of the molecule is CCCCNC(=O)c1ccc(CNC(=NC)NCc2ccc(S(C)(=O)=O)c(C)c2)cc1.I. The first-order chi connectivity index (χ1) is 14.7. The number of nitrogens with zero attached hydrogens (tertiary/aromatic N) is 1. The van der Waals surface area contributed by atoms with Crippen LogP contribution in [-0.2, 0) is 22.9 Å². The number of aliphatic imine (C=N–C) groups is 1. The number of sulfone groups is 1. The number of amides is 1. The Bertz CT molecular complexity index is 1020. The molecule has 2 rings (SSSR count). The molecular formula is C23H33IN4O3S. The minimum absolute atomic E-state index is 0. The van der Waals surface area contributed by atoms with Gasteiger partial charge in [-0.25, -0.2) is 8.42 Å². The van der Waals surface area contributed by atoms with Gasteiger partial charge in [0.2, 0.25) is 0 Å². The fourth-order valence-electron chi connectivity index (χ4n) is 3.08. The number of unbranched alkanes of at least 4 members (excludes halogenated alkanes) is 1. The second-order valence-corrected chi connectivity index (χ2v) is 9.44. The molecule has 2 aromatic carbocycles. The Morgan fingerprint density at radius 1 is 0.969 bits per heavy atom. The quantitative estimate of drug-likeness (QED) is 0.185. The van der Waals surface area contributed by atoms with Gasteiger partial charge in [0.15, 0.2) is 15.8 Å². The summed E-state index contributed by atoms with van der Waals surface area (Å²) >= 11 is 0. The molecule has 0 radical (unpaired) electrons. The maximum atomic E-state index is 12.1. The van der Waals surface area contributed by atoms with Crippen molar-refractivity contribution in [3.63, 3.8) is 0 Å². The van der Waals surface area contributed by atoms with Crippen molar-refractivity contribution in [3.8, 4) is 0 Å². The van der Waals surface area contributed by atoms with Crippen molar-refractivity contribution in [2.75, 3.05) is 19.8 Å². The average molecular weight is 573 g/mol. The average Bonchev–Trinajstić information content (AvgIpc) is 2.73. The Morgan fingerprint density at radius 3 is 2.09 bits per heavy atom. The van der Waals surface area contributed by atoms with Crippen LogP contribution in [0.2, 0.25) is 0 Å². The van der Waals surface area contributed by atoms with Gasteiger partial charge in [-0.15, -0.1) is 24.0 Å². The third-order valence-corrected chi connectivity index (χ3v) is 6.07. The summed E-state index contributed by atoms with van der Waals surface area (Å²) in [6.07, 6.45) is 3.23. The largest absolute Gasteiger partial charge is 0.352 e. The normalized spacial score (nSPS) is 11.4. The molecule has 176 valence electrons. The lowest BCUT2D eigenvalue weighted by Crippen LogP contribution is -2.36. The molecule has 7 nitrogen and oxygen atoms in total. The van der Waals surface area contributed by atoms with Crippen molar-refractivity contribution in [1.29, 1.82) is 0 Å². The minimum atomic E-state index is -3.22. The second kappa shape index (κ2) is 13.4. The summed E-state index contributed by atoms with van der Waals surface area (Å²) in [6, 6.07) is 12.8. The van der Waals surface area contributed by atoms with Gasteiger partial charge in [-0.3, -0.25) is 9.79 Å². The Morgan fingerprint density at radius 2 is 1.56 bits per heavy atom. The molecule has 0 spiro atoms. The van der Waals surface area contributed by atoms with Gasteiger partial charge in [0.05, 0.1) is 4.90 Å². The molecule has 0 unspecified atom stereocenters. The topological polar surface area (TPSA) is 99.7 Å². The van der Waals surface area contributed by atoms with Crippen LogP contribution in [0.3, 0.4) is 0 Å². The van der Waals surface area contributed by atoms with Crippen LogP contribution in [0.4, 0.5) is 0 Å². The number of carbonyl (C=O) groups excluding carboxylic acids is 1. The molecule has 0 heterocycles. The molecule has 0 atom stereocenters. The summed E-state index contributed by atoms with van der Waals surface area (Å²) in [5, 5.41) is 9.37. The van der Waals surface area contributed by atoms with Gasteiger partial charge in [-0.1, -0.05) is 37.6 Å². The van der Waals surface area contributed by atoms with Gasteiger partial charge in [0.25, 0.3) is 5.91 Å². The molecule has 0 aliphatic carbocycles. The lowest BCUT2D eigenvalue weighted by atomic mass is 10.1. The van der Waals surface area contributed by atoms with E-state index in [2.05, 4.69) is 27.9 Å². The van der Waals surface area contributed by atoms with E-state index in [0.29, 0.717) is 36.1 Å². The third kappa shape index (κ3) is 8.78. The molecule has 3 N–H and O–H groups in total. The third-order valence-electron chi connectivity index (χ3n) is 4.81. The molecule has 0 aliphatic rings. The van der Waals surface area contributed by atoms with Crippen LogP contribution in [0.15, 0.2) is 52.4 Å². The number of guanidine groups is 1. The first-order valence-corrected chi connectivity index (χ1v) is 12.2. The molecule has 0 fully saturated rings. The zero-order valence-corrected chi connectivity index (χ0v) is 22.2. The summed E-state index contributed by atoms with van der Waals surface area (Å²) in [6.45, 7) is 5.65. The maximum Gasteiger partial charge on any atom is 0.251 e. The number of hydrogen-bond donors (Lipinski definition) is 3. The summed E-state index contributed by atoms with van der Waals surface area (Å²) in [5.74, 6) is 0.578. The van der Waals surface area contributed by atoms with E-state index < -0.39 is 9.84 Å². The highest BCUT2D eigenvalue weighted by Gasteiger charge is 2.11. The Labute approximate surface area is 208 Å². The van der Waals surface area contributed by atoms with E-state index in [4.69, 9.17) is 0 Å². The van der Waals surface area contributed by atoms with Gasteiger partial charge in [0.1, 0.15) is 0 Å². The summed E-state index contributed by atoms with van der Waals surface area (Å²) in [4.78, 5) is 16.6. The molecule has 2 aromatic rings. The predicted octanol–water partition coefficient (Wildman–Crippen LogP) is 3.41. The van der Waals surface area contributed by atoms with Crippen molar-refractivity contribution < 1.29 is 13.2 Å². The van der Waals surface area contributed by atoms with Crippen molar-refractivity contribution in [3.05, 3.63) is 64.7 Å². The van der Waals surface area contributed by atoms with Gasteiger partial charge in [-0.05, 0) is 48.2 Å². The summed E-state index contributed by atoms with van der Waals surface area (Å²) in [7, 11) is -1.53. The fraction of sp³-hybridized carbons (Fsp3) is 0.391. The fourth-order valence-corrected chi connectivity index (χ4v) is 4.04. The van der Waals surface area contributed by atoms with E-state index >= 15 is 0 Å². The first-order valence-electron chi connectivity index (χ1n) is 10.4. The molecule has 0 aromatic heterocycles. The molecule has 0 bridgehead atoms. The van der Waals surface area contributed by atoms with Crippen LogP contribution in [0.25, 0.3) is 0 Å². The Hall–Kier alpha value is -2.14. The minimum Gasteiger partial charge on any atom is -0.352 e. The van der Waals surface area contributed by atoms with E-state index in [1.165, 1.54) is 6.26 Å². The van der Waals surface area contributed by atoms with Crippen LogP contribution in [0.5, 0.6) is 0 Å². The number of carbonyl (C=O) groups is 1. The number of benzene rings is 2. The van der Waals surface area contributed by atoms with Crippen LogP contribution in [0.1, 0.15) is 46.8 Å². The Balaban J connectivity index is 0.00000512. The van der Waals surface area contributed by atoms with Crippen molar-refractivity contribution in [2.45, 2.75) is 44.7 Å². The summed E-state index contributed by atoms with van der Waals surface area (Å²) < 4.78 is 23.5. The van der Waals surface area contributed by atoms with Gasteiger partial charge in [-0.2, -0.15) is 0 Å². The molecule has 0 saturated heterocycles.